The highest BCUT2D eigenvalue weighted by atomic mass is 16.6. The van der Waals surface area contributed by atoms with Crippen LogP contribution in [-0.2, 0) is 4.79 Å². The van der Waals surface area contributed by atoms with Gasteiger partial charge in [0.05, 0.1) is 10.4 Å². The van der Waals surface area contributed by atoms with Gasteiger partial charge in [0.1, 0.15) is 17.9 Å². The van der Waals surface area contributed by atoms with Crippen molar-refractivity contribution in [3.63, 3.8) is 0 Å². The lowest BCUT2D eigenvalue weighted by atomic mass is 10.1. The molecule has 2 N–H and O–H groups in total. The van der Waals surface area contributed by atoms with Crippen molar-refractivity contribution in [2.24, 2.45) is 0 Å². The molecule has 20 heavy (non-hydrogen) atoms. The Morgan fingerprint density at radius 3 is 2.80 bits per heavy atom. The summed E-state index contributed by atoms with van der Waals surface area (Å²) in [4.78, 5) is 25.6. The van der Waals surface area contributed by atoms with Crippen LogP contribution in [-0.4, -0.2) is 27.0 Å². The zero-order valence-corrected chi connectivity index (χ0v) is 10.7. The van der Waals surface area contributed by atoms with Crippen molar-refractivity contribution in [3.05, 3.63) is 40.6 Å². The van der Waals surface area contributed by atoms with Crippen LogP contribution in [0.15, 0.2) is 30.5 Å². The molecule has 1 heterocycles. The monoisotopic (exact) mass is 275 g/mol. The zero-order chi connectivity index (χ0) is 14.7. The summed E-state index contributed by atoms with van der Waals surface area (Å²) >= 11 is 0. The first-order chi connectivity index (χ1) is 9.54. The third kappa shape index (κ3) is 2.51. The number of anilines is 1. The Labute approximate surface area is 114 Å². The molecule has 0 fully saturated rings. The summed E-state index contributed by atoms with van der Waals surface area (Å²) in [5, 5.41) is 23.4. The van der Waals surface area contributed by atoms with Gasteiger partial charge in [0.2, 0.25) is 0 Å². The number of aliphatic carboxylic acids is 1. The molecule has 1 aromatic carbocycles. The van der Waals surface area contributed by atoms with E-state index in [0.29, 0.717) is 17.3 Å². The number of carbonyl (C=O) groups is 1. The molecule has 2 rings (SSSR count). The molecule has 0 aliphatic heterocycles. The smallest absolute Gasteiger partial charge is 0.326 e. The van der Waals surface area contributed by atoms with E-state index in [1.807, 2.05) is 0 Å². The first-order valence-electron chi connectivity index (χ1n) is 6.06. The molecule has 0 aliphatic rings. The number of benzene rings is 1. The van der Waals surface area contributed by atoms with Crippen LogP contribution >= 0.6 is 0 Å². The Morgan fingerprint density at radius 2 is 2.20 bits per heavy atom. The lowest BCUT2D eigenvalue weighted by Gasteiger charge is -2.15. The maximum Gasteiger partial charge on any atom is 0.326 e. The van der Waals surface area contributed by atoms with Crippen molar-refractivity contribution in [1.82, 2.24) is 4.98 Å². The zero-order valence-electron chi connectivity index (χ0n) is 10.7. The second kappa shape index (κ2) is 5.52. The summed E-state index contributed by atoms with van der Waals surface area (Å²) in [5.41, 5.74) is 0.527. The lowest BCUT2D eigenvalue weighted by molar-refractivity contribution is -0.384. The largest absolute Gasteiger partial charge is 0.480 e. The second-order valence-corrected chi connectivity index (χ2v) is 4.24. The van der Waals surface area contributed by atoms with Gasteiger partial charge in [-0.25, -0.2) is 9.78 Å². The average Bonchev–Trinajstić information content (AvgIpc) is 2.43. The van der Waals surface area contributed by atoms with Crippen molar-refractivity contribution >= 4 is 28.2 Å². The van der Waals surface area contributed by atoms with Crippen LogP contribution < -0.4 is 5.32 Å². The van der Waals surface area contributed by atoms with Crippen molar-refractivity contribution in [2.75, 3.05) is 5.32 Å². The predicted molar refractivity (Wildman–Crippen MR) is 73.7 cm³/mol. The molecule has 104 valence electrons. The molecule has 0 saturated heterocycles. The summed E-state index contributed by atoms with van der Waals surface area (Å²) in [6, 6.07) is 5.98. The van der Waals surface area contributed by atoms with Gasteiger partial charge in [0.25, 0.3) is 0 Å². The van der Waals surface area contributed by atoms with Crippen LogP contribution in [0.4, 0.5) is 11.4 Å². The number of nitrogens with zero attached hydrogens (tertiary/aromatic N) is 2. The molecule has 2 aromatic rings. The predicted octanol–water partition coefficient (Wildman–Crippen LogP) is 2.42. The van der Waals surface area contributed by atoms with E-state index < -0.39 is 16.9 Å². The van der Waals surface area contributed by atoms with Crippen LogP contribution in [0.3, 0.4) is 0 Å². The number of aromatic nitrogens is 1. The molecule has 7 heteroatoms. The van der Waals surface area contributed by atoms with Crippen LogP contribution in [0.2, 0.25) is 0 Å². The third-order valence-corrected chi connectivity index (χ3v) is 2.98. The van der Waals surface area contributed by atoms with Crippen molar-refractivity contribution in [2.45, 2.75) is 19.4 Å². The molecule has 0 amide bonds. The van der Waals surface area contributed by atoms with Crippen LogP contribution in [0.5, 0.6) is 0 Å². The third-order valence-electron chi connectivity index (χ3n) is 2.98. The lowest BCUT2D eigenvalue weighted by Crippen LogP contribution is -2.28. The molecular formula is C13H13N3O4. The fourth-order valence-electron chi connectivity index (χ4n) is 1.93. The number of hydrogen-bond acceptors (Lipinski definition) is 5. The first kappa shape index (κ1) is 13.7. The number of fused-ring (bicyclic) bond motifs is 1. The molecule has 7 nitrogen and oxygen atoms in total. The second-order valence-electron chi connectivity index (χ2n) is 4.24. The number of carboxylic acids is 1. The number of para-hydroxylation sites is 1. The normalized spacial score (nSPS) is 12.1. The maximum atomic E-state index is 11.1. The molecule has 0 saturated carbocycles. The number of hydrogen-bond donors (Lipinski definition) is 2. The number of rotatable bonds is 5. The maximum absolute atomic E-state index is 11.1. The minimum atomic E-state index is -1.05. The van der Waals surface area contributed by atoms with Gasteiger partial charge < -0.3 is 10.4 Å². The first-order valence-corrected chi connectivity index (χ1v) is 6.06. The molecule has 0 spiro atoms. The topological polar surface area (TPSA) is 105 Å². The molecule has 0 aliphatic carbocycles. The van der Waals surface area contributed by atoms with E-state index in [9.17, 15) is 14.9 Å². The van der Waals surface area contributed by atoms with E-state index in [1.165, 1.54) is 0 Å². The van der Waals surface area contributed by atoms with Crippen molar-refractivity contribution in [1.29, 1.82) is 0 Å². The Bertz CT molecular complexity index is 672. The quantitative estimate of drug-likeness (QED) is 0.641. The molecular weight excluding hydrogens is 262 g/mol. The summed E-state index contributed by atoms with van der Waals surface area (Å²) in [7, 11) is 0. The molecule has 1 aromatic heterocycles. The van der Waals surface area contributed by atoms with Gasteiger partial charge in [-0.3, -0.25) is 10.1 Å². The Hall–Kier alpha value is -2.70. The van der Waals surface area contributed by atoms with Gasteiger partial charge in [0.15, 0.2) is 0 Å². The standard InChI is InChI=1S/C13H13N3O4/c1-2-9(13(17)18)15-12-8-5-3-4-6-10(8)14-7-11(12)16(19)20/h3-7,9H,2H2,1H3,(H,14,15)(H,17,18). The van der Waals surface area contributed by atoms with E-state index in [1.54, 1.807) is 31.2 Å². The van der Waals surface area contributed by atoms with Gasteiger partial charge in [-0.2, -0.15) is 0 Å². The number of pyridine rings is 1. The van der Waals surface area contributed by atoms with E-state index >= 15 is 0 Å². The van der Waals surface area contributed by atoms with E-state index in [2.05, 4.69) is 10.3 Å². The van der Waals surface area contributed by atoms with Gasteiger partial charge in [-0.1, -0.05) is 25.1 Å². The van der Waals surface area contributed by atoms with Crippen LogP contribution in [0.1, 0.15) is 13.3 Å². The summed E-state index contributed by atoms with van der Waals surface area (Å²) < 4.78 is 0. The van der Waals surface area contributed by atoms with Crippen molar-refractivity contribution in [3.8, 4) is 0 Å². The van der Waals surface area contributed by atoms with E-state index in [0.717, 1.165) is 6.20 Å². The van der Waals surface area contributed by atoms with Crippen molar-refractivity contribution < 1.29 is 14.8 Å². The highest BCUT2D eigenvalue weighted by Gasteiger charge is 2.23. The number of nitrogens with one attached hydrogen (secondary N) is 1. The van der Waals surface area contributed by atoms with Gasteiger partial charge in [-0.15, -0.1) is 0 Å². The number of carboxylic acid groups (broad SMARTS) is 1. The highest BCUT2D eigenvalue weighted by molar-refractivity contribution is 5.97. The Morgan fingerprint density at radius 1 is 1.50 bits per heavy atom. The van der Waals surface area contributed by atoms with Crippen LogP contribution in [0.25, 0.3) is 10.9 Å². The fraction of sp³-hybridized carbons (Fsp3) is 0.231. The summed E-state index contributed by atoms with van der Waals surface area (Å²) in [6.45, 7) is 1.70. The molecule has 1 unspecified atom stereocenters. The minimum Gasteiger partial charge on any atom is -0.480 e. The van der Waals surface area contributed by atoms with Crippen LogP contribution in [0, 0.1) is 10.1 Å². The molecule has 0 radical (unpaired) electrons. The van der Waals surface area contributed by atoms with Gasteiger partial charge in [-0.05, 0) is 12.5 Å². The average molecular weight is 275 g/mol. The van der Waals surface area contributed by atoms with Gasteiger partial charge >= 0.3 is 11.7 Å². The molecule has 1 atom stereocenters. The summed E-state index contributed by atoms with van der Waals surface area (Å²) in [5.74, 6) is -1.05. The fourth-order valence-corrected chi connectivity index (χ4v) is 1.93. The van der Waals surface area contributed by atoms with E-state index in [-0.39, 0.29) is 11.4 Å². The SMILES string of the molecule is CCC(Nc1c([N+](=O)[O-])cnc2ccccc12)C(=O)O. The number of nitro groups is 1. The minimum absolute atomic E-state index is 0.190. The Balaban J connectivity index is 2.60. The highest BCUT2D eigenvalue weighted by Crippen LogP contribution is 2.32. The van der Waals surface area contributed by atoms with Gasteiger partial charge in [0, 0.05) is 5.39 Å². The molecule has 0 bridgehead atoms. The Kier molecular flexibility index (Phi) is 3.79. The summed E-state index contributed by atoms with van der Waals surface area (Å²) in [6.07, 6.45) is 1.45. The van der Waals surface area contributed by atoms with E-state index in [4.69, 9.17) is 5.11 Å².